The Morgan fingerprint density at radius 3 is 2.22 bits per heavy atom. The van der Waals surface area contributed by atoms with Crippen molar-refractivity contribution in [3.8, 4) is 22.6 Å². The predicted molar refractivity (Wildman–Crippen MR) is 187 cm³/mol. The number of amides is 1. The van der Waals surface area contributed by atoms with Gasteiger partial charge in [-0.1, -0.05) is 61.4 Å². The molecular weight excluding hydrogens is 625 g/mol. The maximum Gasteiger partial charge on any atom is 0.303 e. The second-order valence-corrected chi connectivity index (χ2v) is 12.0. The highest BCUT2D eigenvalue weighted by atomic mass is 19.1. The molecule has 4 aromatic carbocycles. The second-order valence-electron chi connectivity index (χ2n) is 12.0. The Morgan fingerprint density at radius 2 is 1.47 bits per heavy atom. The Morgan fingerprint density at radius 1 is 0.714 bits per heavy atom. The third kappa shape index (κ3) is 12.1. The number of hydrogen-bond donors (Lipinski definition) is 3. The van der Waals surface area contributed by atoms with Crippen molar-refractivity contribution in [3.05, 3.63) is 119 Å². The molecule has 49 heavy (non-hydrogen) atoms. The zero-order valence-corrected chi connectivity index (χ0v) is 27.9. The van der Waals surface area contributed by atoms with Crippen LogP contribution in [-0.4, -0.2) is 41.3 Å². The molecule has 0 heterocycles. The van der Waals surface area contributed by atoms with E-state index in [-0.39, 0.29) is 31.2 Å². The molecule has 3 N–H and O–H groups in total. The first-order valence-corrected chi connectivity index (χ1v) is 16.7. The van der Waals surface area contributed by atoms with Gasteiger partial charge in [-0.25, -0.2) is 4.39 Å². The highest BCUT2D eigenvalue weighted by molar-refractivity contribution is 5.96. The van der Waals surface area contributed by atoms with E-state index in [1.807, 2.05) is 54.6 Å². The molecular formula is C40H44FNO7. The number of carbonyl (C=O) groups is 3. The number of hydrogen-bond acceptors (Lipinski definition) is 5. The van der Waals surface area contributed by atoms with Gasteiger partial charge in [0, 0.05) is 24.9 Å². The quantitative estimate of drug-likeness (QED) is 0.0812. The highest BCUT2D eigenvalue weighted by Gasteiger charge is 2.14. The lowest BCUT2D eigenvalue weighted by molar-refractivity contribution is -0.138. The van der Waals surface area contributed by atoms with E-state index >= 15 is 0 Å². The van der Waals surface area contributed by atoms with Crippen molar-refractivity contribution in [2.75, 3.05) is 13.2 Å². The minimum Gasteiger partial charge on any atom is -0.494 e. The van der Waals surface area contributed by atoms with E-state index < -0.39 is 11.9 Å². The Hall–Kier alpha value is -5.18. The number of nitrogens with one attached hydrogen (secondary N) is 1. The number of aliphatic carboxylic acids is 2. The van der Waals surface area contributed by atoms with Crippen molar-refractivity contribution >= 4 is 17.8 Å². The summed E-state index contributed by atoms with van der Waals surface area (Å²) in [7, 11) is 0. The van der Waals surface area contributed by atoms with Gasteiger partial charge in [-0.15, -0.1) is 0 Å². The molecule has 4 aromatic rings. The molecule has 0 aliphatic carbocycles. The van der Waals surface area contributed by atoms with Crippen LogP contribution in [0.25, 0.3) is 11.1 Å². The minimum atomic E-state index is -0.884. The molecule has 9 heteroatoms. The Bertz CT molecular complexity index is 1710. The Labute approximate surface area is 286 Å². The fourth-order valence-corrected chi connectivity index (χ4v) is 5.55. The average molecular weight is 670 g/mol. The maximum atomic E-state index is 14.0. The van der Waals surface area contributed by atoms with E-state index in [2.05, 4.69) is 5.32 Å². The van der Waals surface area contributed by atoms with Crippen molar-refractivity contribution < 1.29 is 38.5 Å². The molecule has 0 aliphatic heterocycles. The van der Waals surface area contributed by atoms with Gasteiger partial charge in [0.15, 0.2) is 0 Å². The molecule has 0 saturated carbocycles. The topological polar surface area (TPSA) is 122 Å². The molecule has 0 fully saturated rings. The summed E-state index contributed by atoms with van der Waals surface area (Å²) in [5.74, 6) is -1.11. The fraction of sp³-hybridized carbons (Fsp3) is 0.325. The van der Waals surface area contributed by atoms with E-state index in [0.29, 0.717) is 48.6 Å². The van der Waals surface area contributed by atoms with Crippen LogP contribution in [0.1, 0.15) is 77.6 Å². The molecule has 1 amide bonds. The molecule has 0 radical (unpaired) electrons. The number of ether oxygens (including phenoxy) is 2. The summed E-state index contributed by atoms with van der Waals surface area (Å²) in [6, 6.07) is 25.6. The fourth-order valence-electron chi connectivity index (χ4n) is 5.55. The lowest BCUT2D eigenvalue weighted by Crippen LogP contribution is -2.22. The van der Waals surface area contributed by atoms with Gasteiger partial charge in [0.2, 0.25) is 0 Å². The predicted octanol–water partition coefficient (Wildman–Crippen LogP) is 8.17. The van der Waals surface area contributed by atoms with Crippen molar-refractivity contribution in [1.29, 1.82) is 0 Å². The first kappa shape index (κ1) is 36.7. The summed E-state index contributed by atoms with van der Waals surface area (Å²) in [5.41, 5.74) is 5.42. The zero-order valence-electron chi connectivity index (χ0n) is 27.9. The minimum absolute atomic E-state index is 0.0124. The summed E-state index contributed by atoms with van der Waals surface area (Å²) < 4.78 is 26.0. The summed E-state index contributed by atoms with van der Waals surface area (Å²) in [4.78, 5) is 35.3. The molecule has 0 aromatic heterocycles. The smallest absolute Gasteiger partial charge is 0.303 e. The largest absolute Gasteiger partial charge is 0.494 e. The van der Waals surface area contributed by atoms with Crippen molar-refractivity contribution in [2.24, 2.45) is 0 Å². The number of halogens is 1. The lowest BCUT2D eigenvalue weighted by atomic mass is 9.97. The third-order valence-corrected chi connectivity index (χ3v) is 8.18. The summed E-state index contributed by atoms with van der Waals surface area (Å²) in [6.07, 6.45) is 5.03. The summed E-state index contributed by atoms with van der Waals surface area (Å²) >= 11 is 0. The number of carboxylic acid groups (broad SMARTS) is 2. The maximum absolute atomic E-state index is 14.0. The molecule has 0 saturated heterocycles. The van der Waals surface area contributed by atoms with E-state index in [1.165, 1.54) is 6.07 Å². The van der Waals surface area contributed by atoms with Crippen molar-refractivity contribution in [2.45, 2.75) is 71.3 Å². The van der Waals surface area contributed by atoms with Gasteiger partial charge in [0.05, 0.1) is 13.2 Å². The molecule has 8 nitrogen and oxygen atoms in total. The van der Waals surface area contributed by atoms with Crippen LogP contribution in [0.5, 0.6) is 11.5 Å². The molecule has 4 rings (SSSR count). The van der Waals surface area contributed by atoms with Gasteiger partial charge >= 0.3 is 11.9 Å². The van der Waals surface area contributed by atoms with Crippen molar-refractivity contribution in [3.63, 3.8) is 0 Å². The molecule has 258 valence electrons. The third-order valence-electron chi connectivity index (χ3n) is 8.18. The first-order chi connectivity index (χ1) is 23.7. The van der Waals surface area contributed by atoms with Gasteiger partial charge in [0.25, 0.3) is 5.91 Å². The number of aryl methyl sites for hydroxylation is 2. The van der Waals surface area contributed by atoms with E-state index in [1.54, 1.807) is 31.2 Å². The van der Waals surface area contributed by atoms with Crippen LogP contribution in [0.2, 0.25) is 0 Å². The number of rotatable bonds is 20. The Kier molecular flexibility index (Phi) is 14.2. The SMILES string of the molecule is Cc1cc(-c2cc(OCCCCCCc3cccc(OCCCC(=O)O)c3CCC(=O)O)cc(C(=O)NCc3ccccc3)c2)ccc1F. The normalized spacial score (nSPS) is 10.8. The highest BCUT2D eigenvalue weighted by Crippen LogP contribution is 2.29. The van der Waals surface area contributed by atoms with E-state index in [9.17, 15) is 23.9 Å². The number of unbranched alkanes of at least 4 members (excludes halogenated alkanes) is 3. The molecule has 0 atom stereocenters. The van der Waals surface area contributed by atoms with Gasteiger partial charge in [-0.05, 0) is 109 Å². The first-order valence-electron chi connectivity index (χ1n) is 16.7. The molecule has 0 spiro atoms. The zero-order chi connectivity index (χ0) is 35.0. The van der Waals surface area contributed by atoms with Crippen LogP contribution in [0.15, 0.2) is 84.9 Å². The standard InChI is InChI=1S/C40H44FNO7/c1-28-23-31(17-19-36(28)41)32-24-33(40(47)42-27-29-11-5-4-6-12-29)26-34(25-32)48-21-8-3-2-7-13-30-14-9-15-37(35(30)18-20-39(45)46)49-22-10-16-38(43)44/h4-6,9,11-12,14-15,17,19,23-26H,2-3,7-8,10,13,16,18,20-22,27H2,1H3,(H,42,47)(H,43,44)(H,45,46). The van der Waals surface area contributed by atoms with Gasteiger partial charge < -0.3 is 25.0 Å². The number of carbonyl (C=O) groups excluding carboxylic acids is 1. The second kappa shape index (κ2) is 19.0. The van der Waals surface area contributed by atoms with Crippen LogP contribution in [0.4, 0.5) is 4.39 Å². The van der Waals surface area contributed by atoms with Crippen LogP contribution in [-0.2, 0) is 29.0 Å². The van der Waals surface area contributed by atoms with Crippen molar-refractivity contribution in [1.82, 2.24) is 5.32 Å². The van der Waals surface area contributed by atoms with Crippen LogP contribution < -0.4 is 14.8 Å². The number of benzene rings is 4. The number of carboxylic acids is 2. The summed E-state index contributed by atoms with van der Waals surface area (Å²) in [6.45, 7) is 2.81. The van der Waals surface area contributed by atoms with Gasteiger partial charge in [-0.2, -0.15) is 0 Å². The van der Waals surface area contributed by atoms with Crippen LogP contribution >= 0.6 is 0 Å². The molecule has 0 aliphatic rings. The van der Waals surface area contributed by atoms with E-state index in [0.717, 1.165) is 59.9 Å². The molecule has 0 bridgehead atoms. The average Bonchev–Trinajstić information content (AvgIpc) is 3.09. The monoisotopic (exact) mass is 669 g/mol. The van der Waals surface area contributed by atoms with Gasteiger partial charge in [0.1, 0.15) is 17.3 Å². The van der Waals surface area contributed by atoms with Crippen LogP contribution in [0, 0.1) is 12.7 Å². The van der Waals surface area contributed by atoms with Gasteiger partial charge in [-0.3, -0.25) is 14.4 Å². The Balaban J connectivity index is 1.33. The molecule has 0 unspecified atom stereocenters. The summed E-state index contributed by atoms with van der Waals surface area (Å²) in [5, 5.41) is 21.1. The lowest BCUT2D eigenvalue weighted by Gasteiger charge is -2.15. The van der Waals surface area contributed by atoms with Crippen LogP contribution in [0.3, 0.4) is 0 Å². The van der Waals surface area contributed by atoms with E-state index in [4.69, 9.17) is 14.6 Å².